The lowest BCUT2D eigenvalue weighted by atomic mass is 10.1. The van der Waals surface area contributed by atoms with E-state index in [-0.39, 0.29) is 11.5 Å². The van der Waals surface area contributed by atoms with E-state index in [2.05, 4.69) is 9.72 Å². The van der Waals surface area contributed by atoms with Crippen LogP contribution in [0.15, 0.2) is 18.2 Å². The van der Waals surface area contributed by atoms with Gasteiger partial charge in [-0.05, 0) is 18.6 Å². The third-order valence-electron chi connectivity index (χ3n) is 2.67. The minimum absolute atomic E-state index is 0.0881. The van der Waals surface area contributed by atoms with Gasteiger partial charge in [-0.1, -0.05) is 0 Å². The first kappa shape index (κ1) is 12.3. The molecule has 0 saturated carbocycles. The first-order chi connectivity index (χ1) is 8.56. The third-order valence-corrected chi connectivity index (χ3v) is 2.67. The van der Waals surface area contributed by atoms with Crippen LogP contribution in [0.2, 0.25) is 0 Å². The number of pyridine rings is 1. The van der Waals surface area contributed by atoms with Gasteiger partial charge in [0.05, 0.1) is 19.7 Å². The summed E-state index contributed by atoms with van der Waals surface area (Å²) in [5.41, 5.74) is 0.941. The van der Waals surface area contributed by atoms with Gasteiger partial charge < -0.3 is 9.47 Å². The Morgan fingerprint density at radius 1 is 1.28 bits per heavy atom. The average Bonchev–Trinajstić information content (AvgIpc) is 2.38. The highest BCUT2D eigenvalue weighted by atomic mass is 19.1. The molecule has 0 unspecified atom stereocenters. The van der Waals surface area contributed by atoms with E-state index in [0.717, 1.165) is 0 Å². The Hall–Kier alpha value is -2.17. The van der Waals surface area contributed by atoms with E-state index in [1.807, 2.05) is 0 Å². The molecule has 2 rings (SSSR count). The average molecular weight is 249 g/mol. The zero-order chi connectivity index (χ0) is 13.3. The smallest absolute Gasteiger partial charge is 0.356 e. The predicted octanol–water partition coefficient (Wildman–Crippen LogP) is 2.48. The van der Waals surface area contributed by atoms with Crippen LogP contribution < -0.4 is 4.74 Å². The standard InChI is InChI=1S/C13H12FNO3/c1-7-4-8-10(5-9(7)14)15-11(13(16)18-3)6-12(8)17-2/h4-6H,1-3H3. The van der Waals surface area contributed by atoms with Crippen LogP contribution in [0.25, 0.3) is 10.9 Å². The number of aromatic nitrogens is 1. The van der Waals surface area contributed by atoms with Gasteiger partial charge in [-0.15, -0.1) is 0 Å². The zero-order valence-electron chi connectivity index (χ0n) is 10.3. The van der Waals surface area contributed by atoms with Gasteiger partial charge in [-0.25, -0.2) is 14.2 Å². The van der Waals surface area contributed by atoms with Crippen LogP contribution in [-0.4, -0.2) is 25.2 Å². The minimum Gasteiger partial charge on any atom is -0.496 e. The highest BCUT2D eigenvalue weighted by Crippen LogP contribution is 2.27. The molecule has 0 aliphatic heterocycles. The predicted molar refractivity (Wildman–Crippen MR) is 64.3 cm³/mol. The van der Waals surface area contributed by atoms with Crippen molar-refractivity contribution in [1.29, 1.82) is 0 Å². The van der Waals surface area contributed by atoms with Crippen LogP contribution in [0.4, 0.5) is 4.39 Å². The molecule has 1 heterocycles. The van der Waals surface area contributed by atoms with E-state index in [9.17, 15) is 9.18 Å². The van der Waals surface area contributed by atoms with Crippen molar-refractivity contribution in [2.45, 2.75) is 6.92 Å². The Kier molecular flexibility index (Phi) is 3.14. The van der Waals surface area contributed by atoms with E-state index >= 15 is 0 Å². The van der Waals surface area contributed by atoms with E-state index in [1.54, 1.807) is 13.0 Å². The molecule has 0 N–H and O–H groups in total. The third kappa shape index (κ3) is 1.99. The van der Waals surface area contributed by atoms with E-state index in [4.69, 9.17) is 4.74 Å². The number of nitrogens with zero attached hydrogens (tertiary/aromatic N) is 1. The lowest BCUT2D eigenvalue weighted by Crippen LogP contribution is -2.05. The van der Waals surface area contributed by atoms with Gasteiger partial charge in [0.2, 0.25) is 0 Å². The van der Waals surface area contributed by atoms with Crippen LogP contribution in [0.5, 0.6) is 5.75 Å². The van der Waals surface area contributed by atoms with Crippen LogP contribution in [-0.2, 0) is 4.74 Å². The molecule has 0 aliphatic carbocycles. The second-order valence-electron chi connectivity index (χ2n) is 3.82. The summed E-state index contributed by atoms with van der Waals surface area (Å²) in [4.78, 5) is 15.5. The number of halogens is 1. The number of ether oxygens (including phenoxy) is 2. The summed E-state index contributed by atoms with van der Waals surface area (Å²) in [5, 5.41) is 0.657. The van der Waals surface area contributed by atoms with Crippen LogP contribution in [0.1, 0.15) is 16.1 Å². The Bertz CT molecular complexity index is 625. The lowest BCUT2D eigenvalue weighted by Gasteiger charge is -2.08. The van der Waals surface area contributed by atoms with Gasteiger partial charge in [0.1, 0.15) is 11.6 Å². The largest absolute Gasteiger partial charge is 0.496 e. The summed E-state index contributed by atoms with van der Waals surface area (Å²) in [6, 6.07) is 4.39. The Labute approximate surface area is 103 Å². The van der Waals surface area contributed by atoms with Crippen molar-refractivity contribution in [2.24, 2.45) is 0 Å². The number of benzene rings is 1. The molecule has 1 aromatic carbocycles. The Balaban J connectivity index is 2.75. The summed E-state index contributed by atoms with van der Waals surface area (Å²) in [5.74, 6) is -0.501. The molecule has 0 radical (unpaired) electrons. The molecule has 0 atom stereocenters. The normalized spacial score (nSPS) is 10.4. The van der Waals surface area contributed by atoms with Crippen LogP contribution >= 0.6 is 0 Å². The number of hydrogen-bond acceptors (Lipinski definition) is 4. The maximum Gasteiger partial charge on any atom is 0.356 e. The number of hydrogen-bond donors (Lipinski definition) is 0. The summed E-state index contributed by atoms with van der Waals surface area (Å²) < 4.78 is 23.3. The highest BCUT2D eigenvalue weighted by Gasteiger charge is 2.14. The number of aryl methyl sites for hydroxylation is 1. The van der Waals surface area contributed by atoms with Gasteiger partial charge in [0.15, 0.2) is 5.69 Å². The lowest BCUT2D eigenvalue weighted by molar-refractivity contribution is 0.0594. The second-order valence-corrected chi connectivity index (χ2v) is 3.82. The van der Waals surface area contributed by atoms with Crippen LogP contribution in [0, 0.1) is 12.7 Å². The van der Waals surface area contributed by atoms with Crippen molar-refractivity contribution < 1.29 is 18.7 Å². The van der Waals surface area contributed by atoms with E-state index in [1.165, 1.54) is 26.4 Å². The summed E-state index contributed by atoms with van der Waals surface area (Å²) in [7, 11) is 2.74. The summed E-state index contributed by atoms with van der Waals surface area (Å²) >= 11 is 0. The minimum atomic E-state index is -0.587. The van der Waals surface area contributed by atoms with Crippen LogP contribution in [0.3, 0.4) is 0 Å². The molecule has 4 nitrogen and oxygen atoms in total. The molecular weight excluding hydrogens is 237 g/mol. The van der Waals surface area contributed by atoms with Crippen molar-refractivity contribution in [3.63, 3.8) is 0 Å². The fourth-order valence-corrected chi connectivity index (χ4v) is 1.70. The first-order valence-corrected chi connectivity index (χ1v) is 5.30. The number of rotatable bonds is 2. The molecule has 0 bridgehead atoms. The van der Waals surface area contributed by atoms with Crippen molar-refractivity contribution in [2.75, 3.05) is 14.2 Å². The maximum atomic E-state index is 13.5. The van der Waals surface area contributed by atoms with Gasteiger partial charge in [-0.2, -0.15) is 0 Å². The molecule has 18 heavy (non-hydrogen) atoms. The monoisotopic (exact) mass is 249 g/mol. The van der Waals surface area contributed by atoms with Gasteiger partial charge in [0.25, 0.3) is 0 Å². The molecule has 94 valence electrons. The van der Waals surface area contributed by atoms with Crippen molar-refractivity contribution >= 4 is 16.9 Å². The van der Waals surface area contributed by atoms with Gasteiger partial charge in [0, 0.05) is 17.5 Å². The molecule has 0 saturated heterocycles. The topological polar surface area (TPSA) is 48.4 Å². The zero-order valence-corrected chi connectivity index (χ0v) is 10.3. The number of esters is 1. The molecule has 1 aromatic heterocycles. The molecule has 0 spiro atoms. The second kappa shape index (κ2) is 4.60. The van der Waals surface area contributed by atoms with E-state index in [0.29, 0.717) is 22.2 Å². The van der Waals surface area contributed by atoms with Crippen molar-refractivity contribution in [3.05, 3.63) is 35.3 Å². The summed E-state index contributed by atoms with van der Waals surface area (Å²) in [6.07, 6.45) is 0. The molecule has 0 fully saturated rings. The quantitative estimate of drug-likeness (QED) is 0.767. The fraction of sp³-hybridized carbons (Fsp3) is 0.231. The van der Waals surface area contributed by atoms with Gasteiger partial charge >= 0.3 is 5.97 Å². The number of methoxy groups -OCH3 is 2. The van der Waals surface area contributed by atoms with Crippen molar-refractivity contribution in [1.82, 2.24) is 4.98 Å². The summed E-state index contributed by atoms with van der Waals surface area (Å²) in [6.45, 7) is 1.66. The fourth-order valence-electron chi connectivity index (χ4n) is 1.70. The molecule has 2 aromatic rings. The van der Waals surface area contributed by atoms with E-state index < -0.39 is 5.97 Å². The van der Waals surface area contributed by atoms with Gasteiger partial charge in [-0.3, -0.25) is 0 Å². The SMILES string of the molecule is COC(=O)c1cc(OC)c2cc(C)c(F)cc2n1. The molecule has 5 heteroatoms. The molecule has 0 amide bonds. The molecule has 0 aliphatic rings. The first-order valence-electron chi connectivity index (χ1n) is 5.30. The number of carbonyl (C=O) groups excluding carboxylic acids is 1. The maximum absolute atomic E-state index is 13.5. The number of fused-ring (bicyclic) bond motifs is 1. The Morgan fingerprint density at radius 3 is 2.61 bits per heavy atom. The van der Waals surface area contributed by atoms with Crippen molar-refractivity contribution in [3.8, 4) is 5.75 Å². The highest BCUT2D eigenvalue weighted by molar-refractivity contribution is 5.94. The molecular formula is C13H12FNO3. The Morgan fingerprint density at radius 2 is 2.00 bits per heavy atom. The number of carbonyl (C=O) groups is 1.